The molecule has 0 aliphatic carbocycles. The lowest BCUT2D eigenvalue weighted by Gasteiger charge is -2.20. The molecular weight excluding hydrogens is 372 g/mol. The molecule has 1 rings (SSSR count). The Kier molecular flexibility index (Phi) is 8.26. The zero-order chi connectivity index (χ0) is 19.1. The lowest BCUT2D eigenvalue weighted by atomic mass is 10.2. The minimum absolute atomic E-state index is 0.00680. The number of rotatable bonds is 10. The number of hydrogen-bond acceptors (Lipinski definition) is 5. The Morgan fingerprint density at radius 3 is 2.44 bits per heavy atom. The van der Waals surface area contributed by atoms with Crippen LogP contribution in [-0.2, 0) is 14.8 Å². The van der Waals surface area contributed by atoms with E-state index in [9.17, 15) is 22.0 Å². The molecule has 1 aromatic carbocycles. The molecule has 1 atom stereocenters. The van der Waals surface area contributed by atoms with Crippen LogP contribution in [0.5, 0.6) is 0 Å². The molecule has 142 valence electrons. The lowest BCUT2D eigenvalue weighted by Crippen LogP contribution is -2.50. The van der Waals surface area contributed by atoms with E-state index in [0.717, 1.165) is 5.56 Å². The predicted molar refractivity (Wildman–Crippen MR) is 95.3 cm³/mol. The minimum atomic E-state index is -3.94. The van der Waals surface area contributed by atoms with Crippen LogP contribution < -0.4 is 15.8 Å². The lowest BCUT2D eigenvalue weighted by molar-refractivity contribution is -0.124. The van der Waals surface area contributed by atoms with Crippen LogP contribution in [0, 0.1) is 6.92 Å². The quantitative estimate of drug-likeness (QED) is 0.551. The first-order chi connectivity index (χ1) is 11.6. The summed E-state index contributed by atoms with van der Waals surface area (Å²) in [6.07, 6.45) is 1.97. The summed E-state index contributed by atoms with van der Waals surface area (Å²) in [7, 11) is -3.94. The van der Waals surface area contributed by atoms with Crippen molar-refractivity contribution < 1.29 is 22.0 Å². The van der Waals surface area contributed by atoms with Gasteiger partial charge >= 0.3 is 0 Å². The summed E-state index contributed by atoms with van der Waals surface area (Å²) in [6.45, 7) is -0.0294. The van der Waals surface area contributed by atoms with E-state index in [1.807, 2.05) is 6.92 Å². The van der Waals surface area contributed by atoms with Crippen molar-refractivity contribution in [1.29, 1.82) is 0 Å². The molecule has 25 heavy (non-hydrogen) atoms. The number of hydrogen-bond donors (Lipinski definition) is 3. The highest BCUT2D eigenvalue weighted by atomic mass is 32.2. The van der Waals surface area contributed by atoms with Crippen molar-refractivity contribution in [2.45, 2.75) is 30.2 Å². The summed E-state index contributed by atoms with van der Waals surface area (Å²) in [4.78, 5) is 12.2. The average Bonchev–Trinajstić information content (AvgIpc) is 2.57. The normalized spacial score (nSPS) is 13.5. The highest BCUT2D eigenvalue weighted by Gasteiger charge is 2.30. The number of carbonyl (C=O) groups excluding carboxylic acids is 1. The summed E-state index contributed by atoms with van der Waals surface area (Å²) in [6, 6.07) is 4.96. The van der Waals surface area contributed by atoms with Crippen molar-refractivity contribution in [1.82, 2.24) is 10.0 Å². The van der Waals surface area contributed by atoms with E-state index in [-0.39, 0.29) is 11.3 Å². The number of amides is 1. The van der Waals surface area contributed by atoms with E-state index < -0.39 is 41.0 Å². The second-order valence-electron chi connectivity index (χ2n) is 5.55. The van der Waals surface area contributed by atoms with Crippen LogP contribution in [0.1, 0.15) is 12.0 Å². The van der Waals surface area contributed by atoms with Gasteiger partial charge in [-0.15, -0.1) is 0 Å². The summed E-state index contributed by atoms with van der Waals surface area (Å²) < 4.78 is 53.5. The summed E-state index contributed by atoms with van der Waals surface area (Å²) in [5.41, 5.74) is 5.81. The van der Waals surface area contributed by atoms with Gasteiger partial charge in [0.25, 0.3) is 5.92 Å². The Labute approximate surface area is 151 Å². The highest BCUT2D eigenvalue weighted by Crippen LogP contribution is 2.13. The van der Waals surface area contributed by atoms with Crippen molar-refractivity contribution in [3.05, 3.63) is 29.8 Å². The number of thioether (sulfide) groups is 1. The molecule has 0 radical (unpaired) electrons. The third-order valence-corrected chi connectivity index (χ3v) is 5.51. The van der Waals surface area contributed by atoms with Gasteiger partial charge in [-0.1, -0.05) is 17.7 Å². The molecule has 0 aliphatic rings. The first-order valence-corrected chi connectivity index (χ1v) is 10.4. The molecule has 4 N–H and O–H groups in total. The van der Waals surface area contributed by atoms with E-state index in [0.29, 0.717) is 5.75 Å². The number of nitrogens with two attached hydrogens (primary N) is 1. The smallest absolute Gasteiger partial charge is 0.277 e. The Hall–Kier alpha value is -1.23. The van der Waals surface area contributed by atoms with Crippen molar-refractivity contribution >= 4 is 27.7 Å². The molecule has 0 spiro atoms. The first-order valence-electron chi connectivity index (χ1n) is 7.55. The fourth-order valence-corrected chi connectivity index (χ4v) is 3.57. The second kappa shape index (κ2) is 9.46. The maximum atomic E-state index is 13.2. The van der Waals surface area contributed by atoms with E-state index in [1.54, 1.807) is 18.4 Å². The van der Waals surface area contributed by atoms with Gasteiger partial charge < -0.3 is 11.1 Å². The SMILES string of the molecule is CSCCC(NS(=O)(=O)c1ccc(C)cc1)C(=O)NCC(F)(F)CN. The minimum Gasteiger partial charge on any atom is -0.349 e. The second-order valence-corrected chi connectivity index (χ2v) is 8.25. The van der Waals surface area contributed by atoms with E-state index in [2.05, 4.69) is 10.0 Å². The number of nitrogens with one attached hydrogen (secondary N) is 2. The molecule has 0 bridgehead atoms. The van der Waals surface area contributed by atoms with Gasteiger partial charge in [0.2, 0.25) is 15.9 Å². The molecule has 0 saturated heterocycles. The topological polar surface area (TPSA) is 101 Å². The number of aryl methyl sites for hydroxylation is 1. The summed E-state index contributed by atoms with van der Waals surface area (Å²) in [5, 5.41) is 2.06. The average molecular weight is 395 g/mol. The Bertz CT molecular complexity index is 667. The zero-order valence-electron chi connectivity index (χ0n) is 14.1. The van der Waals surface area contributed by atoms with Crippen LogP contribution in [0.3, 0.4) is 0 Å². The molecule has 0 aromatic heterocycles. The van der Waals surface area contributed by atoms with Crippen LogP contribution in [0.4, 0.5) is 8.78 Å². The number of halogens is 2. The Balaban J connectivity index is 2.87. The van der Waals surface area contributed by atoms with Gasteiger partial charge in [0.15, 0.2) is 0 Å². The Morgan fingerprint density at radius 1 is 1.32 bits per heavy atom. The number of benzene rings is 1. The number of sulfonamides is 1. The zero-order valence-corrected chi connectivity index (χ0v) is 15.7. The third kappa shape index (κ3) is 7.27. The molecule has 10 heteroatoms. The van der Waals surface area contributed by atoms with Gasteiger partial charge in [-0.2, -0.15) is 16.5 Å². The van der Waals surface area contributed by atoms with E-state index in [1.165, 1.54) is 23.9 Å². The molecule has 6 nitrogen and oxygen atoms in total. The predicted octanol–water partition coefficient (Wildman–Crippen LogP) is 1.11. The number of carbonyl (C=O) groups is 1. The highest BCUT2D eigenvalue weighted by molar-refractivity contribution is 7.98. The van der Waals surface area contributed by atoms with Gasteiger partial charge in [0.1, 0.15) is 6.04 Å². The molecule has 1 aromatic rings. The molecule has 1 amide bonds. The standard InChI is InChI=1S/C15H23F2N3O3S2/c1-11-3-5-12(6-4-11)25(22,23)20-13(7-8-24-2)14(21)19-10-15(16,17)9-18/h3-6,13,20H,7-10,18H2,1-2H3,(H,19,21). The first kappa shape index (κ1) is 21.8. The maximum Gasteiger partial charge on any atom is 0.277 e. The van der Waals surface area contributed by atoms with Gasteiger partial charge in [0.05, 0.1) is 18.0 Å². The van der Waals surface area contributed by atoms with Crippen molar-refractivity contribution in [2.75, 3.05) is 25.1 Å². The van der Waals surface area contributed by atoms with Crippen LogP contribution in [0.2, 0.25) is 0 Å². The van der Waals surface area contributed by atoms with Crippen LogP contribution in [-0.4, -0.2) is 51.4 Å². The van der Waals surface area contributed by atoms with Crippen LogP contribution in [0.15, 0.2) is 29.2 Å². The van der Waals surface area contributed by atoms with E-state index in [4.69, 9.17) is 5.73 Å². The van der Waals surface area contributed by atoms with Gasteiger partial charge in [0, 0.05) is 0 Å². The third-order valence-electron chi connectivity index (χ3n) is 3.38. The fraction of sp³-hybridized carbons (Fsp3) is 0.533. The van der Waals surface area contributed by atoms with Crippen molar-refractivity contribution in [2.24, 2.45) is 5.73 Å². The molecule has 1 unspecified atom stereocenters. The van der Waals surface area contributed by atoms with Gasteiger partial charge in [-0.3, -0.25) is 4.79 Å². The number of alkyl halides is 2. The summed E-state index contributed by atoms with van der Waals surface area (Å²) >= 11 is 1.42. The molecule has 0 saturated carbocycles. The molecule has 0 aliphatic heterocycles. The summed E-state index contributed by atoms with van der Waals surface area (Å²) in [5.74, 6) is -3.56. The molecular formula is C15H23F2N3O3S2. The van der Waals surface area contributed by atoms with E-state index >= 15 is 0 Å². The van der Waals surface area contributed by atoms with Crippen molar-refractivity contribution in [3.8, 4) is 0 Å². The largest absolute Gasteiger partial charge is 0.349 e. The molecule has 0 fully saturated rings. The van der Waals surface area contributed by atoms with Crippen molar-refractivity contribution in [3.63, 3.8) is 0 Å². The van der Waals surface area contributed by atoms with Gasteiger partial charge in [-0.05, 0) is 37.5 Å². The van der Waals surface area contributed by atoms with Crippen LogP contribution in [0.25, 0.3) is 0 Å². The molecule has 0 heterocycles. The monoisotopic (exact) mass is 395 g/mol. The maximum absolute atomic E-state index is 13.2. The fourth-order valence-electron chi connectivity index (χ4n) is 1.86. The van der Waals surface area contributed by atoms with Crippen LogP contribution >= 0.6 is 11.8 Å². The van der Waals surface area contributed by atoms with Gasteiger partial charge in [-0.25, -0.2) is 17.2 Å². The Morgan fingerprint density at radius 2 is 1.92 bits per heavy atom.